The van der Waals surface area contributed by atoms with Crippen LogP contribution in [0.15, 0.2) is 35.4 Å². The second-order valence-corrected chi connectivity index (χ2v) is 4.65. The Morgan fingerprint density at radius 2 is 2.00 bits per heavy atom. The number of thioether (sulfide) groups is 1. The Labute approximate surface area is 115 Å². The molecule has 1 aromatic heterocycles. The van der Waals surface area contributed by atoms with E-state index in [0.29, 0.717) is 12.5 Å². The van der Waals surface area contributed by atoms with Crippen LogP contribution >= 0.6 is 11.8 Å². The Morgan fingerprint density at radius 3 is 2.63 bits per heavy atom. The van der Waals surface area contributed by atoms with Crippen LogP contribution in [-0.4, -0.2) is 22.8 Å². The number of anilines is 3. The molecular formula is C13H15FN4S. The average molecular weight is 278 g/mol. The van der Waals surface area contributed by atoms with Gasteiger partial charge >= 0.3 is 0 Å². The molecule has 1 aromatic carbocycles. The summed E-state index contributed by atoms with van der Waals surface area (Å²) in [4.78, 5) is 9.10. The van der Waals surface area contributed by atoms with Crippen LogP contribution in [0.5, 0.6) is 0 Å². The Morgan fingerprint density at radius 1 is 1.26 bits per heavy atom. The summed E-state index contributed by atoms with van der Waals surface area (Å²) in [7, 11) is 0. The second kappa shape index (κ2) is 6.38. The molecule has 0 atom stereocenters. The molecule has 0 radical (unpaired) electrons. The molecule has 2 aromatic rings. The number of halogens is 1. The molecule has 2 rings (SSSR count). The predicted molar refractivity (Wildman–Crippen MR) is 77.7 cm³/mol. The molecule has 19 heavy (non-hydrogen) atoms. The highest BCUT2D eigenvalue weighted by Crippen LogP contribution is 2.21. The van der Waals surface area contributed by atoms with Crippen LogP contribution in [0.3, 0.4) is 0 Å². The fourth-order valence-corrected chi connectivity index (χ4v) is 1.92. The maximum Gasteiger partial charge on any atom is 0.224 e. The van der Waals surface area contributed by atoms with Crippen molar-refractivity contribution in [3.63, 3.8) is 0 Å². The molecule has 2 N–H and O–H groups in total. The molecule has 0 amide bonds. The van der Waals surface area contributed by atoms with Crippen LogP contribution in [0.1, 0.15) is 6.92 Å². The van der Waals surface area contributed by atoms with Crippen molar-refractivity contribution in [1.29, 1.82) is 0 Å². The van der Waals surface area contributed by atoms with Gasteiger partial charge in [0.1, 0.15) is 0 Å². The molecule has 0 fully saturated rings. The van der Waals surface area contributed by atoms with Gasteiger partial charge in [-0.2, -0.15) is 4.98 Å². The van der Waals surface area contributed by atoms with Gasteiger partial charge in [-0.3, -0.25) is 0 Å². The highest BCUT2D eigenvalue weighted by Gasteiger charge is 2.06. The fraction of sp³-hybridized carbons (Fsp3) is 0.231. The Kier molecular flexibility index (Phi) is 4.57. The minimum absolute atomic E-state index is 0.169. The van der Waals surface area contributed by atoms with Gasteiger partial charge in [-0.05, 0) is 37.4 Å². The molecule has 0 aliphatic heterocycles. The topological polar surface area (TPSA) is 49.8 Å². The highest BCUT2D eigenvalue weighted by molar-refractivity contribution is 7.98. The summed E-state index contributed by atoms with van der Waals surface area (Å²) in [5.41, 5.74) is 0.790. The van der Waals surface area contributed by atoms with Crippen LogP contribution < -0.4 is 10.6 Å². The normalized spacial score (nSPS) is 10.3. The van der Waals surface area contributed by atoms with E-state index < -0.39 is 5.82 Å². The molecule has 0 saturated heterocycles. The molecule has 0 saturated carbocycles. The van der Waals surface area contributed by atoms with Gasteiger partial charge in [-0.15, -0.1) is 11.8 Å². The third kappa shape index (κ3) is 3.57. The number of benzene rings is 1. The summed E-state index contributed by atoms with van der Waals surface area (Å²) in [6.45, 7) is 2.62. The predicted octanol–water partition coefficient (Wildman–Crippen LogP) is 3.51. The van der Waals surface area contributed by atoms with Crippen LogP contribution in [0.4, 0.5) is 21.8 Å². The van der Waals surface area contributed by atoms with Crippen LogP contribution in [-0.2, 0) is 0 Å². The van der Waals surface area contributed by atoms with Gasteiger partial charge in [0.2, 0.25) is 5.95 Å². The summed E-state index contributed by atoms with van der Waals surface area (Å²) in [6, 6.07) is 7.72. The summed E-state index contributed by atoms with van der Waals surface area (Å²) in [5, 5.41) is 5.89. The van der Waals surface area contributed by atoms with E-state index >= 15 is 0 Å². The molecule has 0 unspecified atom stereocenters. The molecule has 0 bridgehead atoms. The van der Waals surface area contributed by atoms with Gasteiger partial charge in [0.15, 0.2) is 11.6 Å². The lowest BCUT2D eigenvalue weighted by Gasteiger charge is -2.09. The third-order valence-electron chi connectivity index (χ3n) is 2.43. The first-order valence-corrected chi connectivity index (χ1v) is 7.13. The monoisotopic (exact) mass is 278 g/mol. The first-order valence-electron chi connectivity index (χ1n) is 5.90. The smallest absolute Gasteiger partial charge is 0.224 e. The SMILES string of the molecule is CCNc1ncc(F)c(Nc2ccc(SC)cc2)n1. The van der Waals surface area contributed by atoms with E-state index in [1.165, 1.54) is 0 Å². The van der Waals surface area contributed by atoms with E-state index in [9.17, 15) is 4.39 Å². The zero-order chi connectivity index (χ0) is 13.7. The van der Waals surface area contributed by atoms with E-state index in [0.717, 1.165) is 16.8 Å². The maximum atomic E-state index is 13.6. The molecule has 0 spiro atoms. The van der Waals surface area contributed by atoms with Gasteiger partial charge in [0, 0.05) is 17.1 Å². The number of hydrogen-bond acceptors (Lipinski definition) is 5. The molecule has 0 aliphatic rings. The van der Waals surface area contributed by atoms with E-state index in [1.807, 2.05) is 37.4 Å². The van der Waals surface area contributed by atoms with Crippen molar-refractivity contribution >= 4 is 29.2 Å². The quantitative estimate of drug-likeness (QED) is 0.820. The lowest BCUT2D eigenvalue weighted by atomic mass is 10.3. The molecular weight excluding hydrogens is 263 g/mol. The van der Waals surface area contributed by atoms with E-state index in [1.54, 1.807) is 11.8 Å². The molecule has 0 aliphatic carbocycles. The standard InChI is InChI=1S/C13H15FN4S/c1-3-15-13-16-8-11(14)12(18-13)17-9-4-6-10(19-2)7-5-9/h4-8H,3H2,1-2H3,(H2,15,16,17,18). The summed E-state index contributed by atoms with van der Waals surface area (Å²) < 4.78 is 13.6. The minimum atomic E-state index is -0.476. The minimum Gasteiger partial charge on any atom is -0.354 e. The first-order chi connectivity index (χ1) is 9.22. The zero-order valence-electron chi connectivity index (χ0n) is 10.8. The van der Waals surface area contributed by atoms with E-state index in [4.69, 9.17) is 0 Å². The van der Waals surface area contributed by atoms with Gasteiger partial charge in [0.05, 0.1) is 6.20 Å². The fourth-order valence-electron chi connectivity index (χ4n) is 1.51. The van der Waals surface area contributed by atoms with Crippen molar-refractivity contribution < 1.29 is 4.39 Å². The number of nitrogens with zero attached hydrogens (tertiary/aromatic N) is 2. The Balaban J connectivity index is 2.18. The van der Waals surface area contributed by atoms with Gasteiger partial charge in [-0.25, -0.2) is 9.37 Å². The number of nitrogens with one attached hydrogen (secondary N) is 2. The zero-order valence-corrected chi connectivity index (χ0v) is 11.6. The summed E-state index contributed by atoms with van der Waals surface area (Å²) in [5.74, 6) is 0.102. The first kappa shape index (κ1) is 13.6. The Bertz CT molecular complexity index is 545. The molecule has 1 heterocycles. The molecule has 4 nitrogen and oxygen atoms in total. The van der Waals surface area contributed by atoms with Crippen molar-refractivity contribution in [1.82, 2.24) is 9.97 Å². The number of hydrogen-bond donors (Lipinski definition) is 2. The van der Waals surface area contributed by atoms with Gasteiger partial charge in [0.25, 0.3) is 0 Å². The average Bonchev–Trinajstić information content (AvgIpc) is 2.44. The molecule has 6 heteroatoms. The highest BCUT2D eigenvalue weighted by atomic mass is 32.2. The second-order valence-electron chi connectivity index (χ2n) is 3.77. The number of rotatable bonds is 5. The maximum absolute atomic E-state index is 13.6. The lowest BCUT2D eigenvalue weighted by molar-refractivity contribution is 0.619. The lowest BCUT2D eigenvalue weighted by Crippen LogP contribution is -2.05. The number of aromatic nitrogens is 2. The van der Waals surface area contributed by atoms with Crippen molar-refractivity contribution in [2.75, 3.05) is 23.4 Å². The Hall–Kier alpha value is -1.82. The third-order valence-corrected chi connectivity index (χ3v) is 3.18. The van der Waals surface area contributed by atoms with Crippen molar-refractivity contribution in [2.45, 2.75) is 11.8 Å². The molecule has 100 valence electrons. The summed E-state index contributed by atoms with van der Waals surface area (Å²) >= 11 is 1.66. The van der Waals surface area contributed by atoms with Crippen molar-refractivity contribution in [2.24, 2.45) is 0 Å². The van der Waals surface area contributed by atoms with E-state index in [2.05, 4.69) is 20.6 Å². The van der Waals surface area contributed by atoms with Crippen molar-refractivity contribution in [3.8, 4) is 0 Å². The van der Waals surface area contributed by atoms with E-state index in [-0.39, 0.29) is 5.82 Å². The van der Waals surface area contributed by atoms with Crippen LogP contribution in [0, 0.1) is 5.82 Å². The van der Waals surface area contributed by atoms with Crippen LogP contribution in [0.2, 0.25) is 0 Å². The summed E-state index contributed by atoms with van der Waals surface area (Å²) in [6.07, 6.45) is 3.17. The van der Waals surface area contributed by atoms with Crippen molar-refractivity contribution in [3.05, 3.63) is 36.3 Å². The van der Waals surface area contributed by atoms with Gasteiger partial charge in [-0.1, -0.05) is 0 Å². The van der Waals surface area contributed by atoms with Gasteiger partial charge < -0.3 is 10.6 Å². The largest absolute Gasteiger partial charge is 0.354 e. The van der Waals surface area contributed by atoms with Crippen LogP contribution in [0.25, 0.3) is 0 Å².